The molecule has 6 nitrogen and oxygen atoms in total. The third-order valence-electron chi connectivity index (χ3n) is 4.53. The fourth-order valence-corrected chi connectivity index (χ4v) is 3.66. The van der Waals surface area contributed by atoms with E-state index in [0.717, 1.165) is 22.5 Å². The average molecular weight is 404 g/mol. The second-order valence-corrected chi connectivity index (χ2v) is 7.14. The molecule has 4 rings (SSSR count). The normalized spacial score (nSPS) is 13.9. The summed E-state index contributed by atoms with van der Waals surface area (Å²) in [6.07, 6.45) is 1.75. The number of aromatic nitrogens is 1. The number of carbonyl (C=O) groups is 3. The Morgan fingerprint density at radius 3 is 2.14 bits per heavy atom. The summed E-state index contributed by atoms with van der Waals surface area (Å²) in [6, 6.07) is 19.9. The van der Waals surface area contributed by atoms with Gasteiger partial charge in [0.15, 0.2) is 0 Å². The topological polar surface area (TPSA) is 76.6 Å². The van der Waals surface area contributed by atoms with E-state index >= 15 is 0 Å². The number of hydrogen-bond acceptors (Lipinski definition) is 6. The minimum atomic E-state index is -1.08. The number of nitrogens with zero attached hydrogens (tertiary/aromatic N) is 2. The van der Waals surface area contributed by atoms with Crippen LogP contribution in [0.2, 0.25) is 0 Å². The molecule has 0 aliphatic carbocycles. The molecule has 2 heterocycles. The molecule has 29 heavy (non-hydrogen) atoms. The van der Waals surface area contributed by atoms with Crippen molar-refractivity contribution >= 4 is 29.8 Å². The highest BCUT2D eigenvalue weighted by Crippen LogP contribution is 2.28. The Bertz CT molecular complexity index is 1020. The predicted molar refractivity (Wildman–Crippen MR) is 107 cm³/mol. The summed E-state index contributed by atoms with van der Waals surface area (Å²) < 4.78 is 5.34. The number of rotatable bonds is 6. The lowest BCUT2D eigenvalue weighted by Gasteiger charge is -2.24. The highest BCUT2D eigenvalue weighted by atomic mass is 32.2. The SMILES string of the molecule is O=C(OSc1ccccn1)[C@H](Cc1ccccc1)N1C(=O)c2ccccc2C1=O. The van der Waals surface area contributed by atoms with Crippen molar-refractivity contribution in [2.45, 2.75) is 17.5 Å². The lowest BCUT2D eigenvalue weighted by Crippen LogP contribution is -2.46. The molecule has 0 bridgehead atoms. The van der Waals surface area contributed by atoms with Crippen molar-refractivity contribution in [2.24, 2.45) is 0 Å². The minimum absolute atomic E-state index is 0.161. The summed E-state index contributed by atoms with van der Waals surface area (Å²) in [5, 5.41) is 0.502. The van der Waals surface area contributed by atoms with Crippen molar-refractivity contribution in [1.82, 2.24) is 9.88 Å². The molecule has 1 aliphatic rings. The Morgan fingerprint density at radius 1 is 0.897 bits per heavy atom. The molecule has 144 valence electrons. The highest BCUT2D eigenvalue weighted by molar-refractivity contribution is 7.95. The van der Waals surface area contributed by atoms with E-state index < -0.39 is 23.8 Å². The largest absolute Gasteiger partial charge is 0.383 e. The summed E-state index contributed by atoms with van der Waals surface area (Å²) >= 11 is 0.803. The van der Waals surface area contributed by atoms with Crippen LogP contribution in [0.5, 0.6) is 0 Å². The molecule has 0 N–H and O–H groups in total. The van der Waals surface area contributed by atoms with Crippen LogP contribution in [-0.2, 0) is 15.4 Å². The van der Waals surface area contributed by atoms with E-state index in [1.54, 1.807) is 48.7 Å². The van der Waals surface area contributed by atoms with Crippen LogP contribution in [-0.4, -0.2) is 33.7 Å². The molecule has 2 aromatic carbocycles. The molecule has 0 saturated carbocycles. The number of benzene rings is 2. The fraction of sp³-hybridized carbons (Fsp3) is 0.0909. The first-order chi connectivity index (χ1) is 14.1. The number of imide groups is 1. The zero-order valence-electron chi connectivity index (χ0n) is 15.2. The van der Waals surface area contributed by atoms with Gasteiger partial charge in [-0.3, -0.25) is 14.5 Å². The van der Waals surface area contributed by atoms with E-state index in [-0.39, 0.29) is 6.42 Å². The molecule has 1 aliphatic heterocycles. The van der Waals surface area contributed by atoms with Gasteiger partial charge in [0.1, 0.15) is 23.1 Å². The summed E-state index contributed by atoms with van der Waals surface area (Å²) in [6.45, 7) is 0. The van der Waals surface area contributed by atoms with Crippen LogP contribution in [0.1, 0.15) is 26.3 Å². The maximum Gasteiger partial charge on any atom is 0.342 e. The monoisotopic (exact) mass is 404 g/mol. The van der Waals surface area contributed by atoms with Gasteiger partial charge in [0, 0.05) is 12.6 Å². The van der Waals surface area contributed by atoms with Crippen molar-refractivity contribution in [3.63, 3.8) is 0 Å². The van der Waals surface area contributed by atoms with Gasteiger partial charge in [-0.15, -0.1) is 0 Å². The molecule has 2 amide bonds. The van der Waals surface area contributed by atoms with Crippen molar-refractivity contribution in [1.29, 1.82) is 0 Å². The quantitative estimate of drug-likeness (QED) is 0.462. The minimum Gasteiger partial charge on any atom is -0.383 e. The highest BCUT2D eigenvalue weighted by Gasteiger charge is 2.43. The van der Waals surface area contributed by atoms with Gasteiger partial charge in [-0.05, 0) is 29.8 Å². The molecule has 1 atom stereocenters. The number of fused-ring (bicyclic) bond motifs is 1. The Hall–Kier alpha value is -3.45. The summed E-state index contributed by atoms with van der Waals surface area (Å²) in [5.41, 5.74) is 1.40. The van der Waals surface area contributed by atoms with Crippen molar-refractivity contribution < 1.29 is 18.6 Å². The standard InChI is InChI=1S/C22H16N2O4S/c25-20-16-10-4-5-11-17(16)21(26)24(20)18(14-15-8-2-1-3-9-15)22(27)28-29-19-12-6-7-13-23-19/h1-13,18H,14H2/t18-/m0/s1. The Balaban J connectivity index is 1.61. The van der Waals surface area contributed by atoms with Crippen LogP contribution in [0.15, 0.2) is 84.0 Å². The van der Waals surface area contributed by atoms with E-state index in [9.17, 15) is 14.4 Å². The molecular formula is C22H16N2O4S. The van der Waals surface area contributed by atoms with Crippen molar-refractivity contribution in [3.8, 4) is 0 Å². The van der Waals surface area contributed by atoms with Gasteiger partial charge >= 0.3 is 5.97 Å². The Morgan fingerprint density at radius 2 is 1.52 bits per heavy atom. The molecule has 0 fully saturated rings. The Labute approximate surface area is 171 Å². The van der Waals surface area contributed by atoms with Gasteiger partial charge < -0.3 is 4.18 Å². The molecule has 7 heteroatoms. The molecule has 0 saturated heterocycles. The van der Waals surface area contributed by atoms with Crippen LogP contribution in [0, 0.1) is 0 Å². The van der Waals surface area contributed by atoms with E-state index in [0.29, 0.717) is 16.2 Å². The molecule has 0 spiro atoms. The lowest BCUT2D eigenvalue weighted by atomic mass is 10.0. The van der Waals surface area contributed by atoms with Crippen LogP contribution in [0.25, 0.3) is 0 Å². The van der Waals surface area contributed by atoms with Crippen LogP contribution in [0.4, 0.5) is 0 Å². The van der Waals surface area contributed by atoms with Gasteiger partial charge in [-0.2, -0.15) is 0 Å². The first-order valence-electron chi connectivity index (χ1n) is 8.95. The van der Waals surface area contributed by atoms with Crippen molar-refractivity contribution in [2.75, 3.05) is 0 Å². The molecule has 3 aromatic rings. The van der Waals surface area contributed by atoms with E-state index in [1.807, 2.05) is 30.3 Å². The maximum atomic E-state index is 12.9. The number of pyridine rings is 1. The summed E-state index contributed by atoms with van der Waals surface area (Å²) in [4.78, 5) is 43.8. The predicted octanol–water partition coefficient (Wildman–Crippen LogP) is 3.54. The van der Waals surface area contributed by atoms with Gasteiger partial charge in [0.2, 0.25) is 0 Å². The number of amides is 2. The number of hydrogen-bond donors (Lipinski definition) is 0. The van der Waals surface area contributed by atoms with Gasteiger partial charge in [0.25, 0.3) is 11.8 Å². The smallest absolute Gasteiger partial charge is 0.342 e. The summed E-state index contributed by atoms with van der Waals surface area (Å²) in [5.74, 6) is -1.67. The first kappa shape index (κ1) is 18.9. The molecule has 0 unspecified atom stereocenters. The van der Waals surface area contributed by atoms with E-state index in [1.165, 1.54) is 0 Å². The molecule has 1 aromatic heterocycles. The van der Waals surface area contributed by atoms with Gasteiger partial charge in [-0.25, -0.2) is 9.78 Å². The zero-order chi connectivity index (χ0) is 20.2. The third kappa shape index (κ3) is 3.90. The van der Waals surface area contributed by atoms with Gasteiger partial charge in [0.05, 0.1) is 11.1 Å². The van der Waals surface area contributed by atoms with Crippen LogP contribution in [0.3, 0.4) is 0 Å². The van der Waals surface area contributed by atoms with Crippen LogP contribution >= 0.6 is 12.0 Å². The zero-order valence-corrected chi connectivity index (χ0v) is 16.0. The number of carbonyl (C=O) groups excluding carboxylic acids is 3. The molecular weight excluding hydrogens is 388 g/mol. The first-order valence-corrected chi connectivity index (χ1v) is 9.69. The summed E-state index contributed by atoms with van der Waals surface area (Å²) in [7, 11) is 0. The van der Waals surface area contributed by atoms with E-state index in [2.05, 4.69) is 4.98 Å². The van der Waals surface area contributed by atoms with Gasteiger partial charge in [-0.1, -0.05) is 48.5 Å². The van der Waals surface area contributed by atoms with Crippen LogP contribution < -0.4 is 0 Å². The fourth-order valence-electron chi connectivity index (χ4n) is 3.14. The van der Waals surface area contributed by atoms with E-state index in [4.69, 9.17) is 4.18 Å². The molecule has 0 radical (unpaired) electrons. The Kier molecular flexibility index (Phi) is 5.39. The second-order valence-electron chi connectivity index (χ2n) is 6.39. The third-order valence-corrected chi connectivity index (χ3v) is 5.19. The van der Waals surface area contributed by atoms with Crippen molar-refractivity contribution in [3.05, 3.63) is 95.7 Å². The lowest BCUT2D eigenvalue weighted by molar-refractivity contribution is -0.137. The average Bonchev–Trinajstić information content (AvgIpc) is 3.02. The second kappa shape index (κ2) is 8.28. The maximum absolute atomic E-state index is 12.9.